The molecule has 4 nitrogen and oxygen atoms in total. The van der Waals surface area contributed by atoms with Crippen LogP contribution in [0.25, 0.3) is 0 Å². The van der Waals surface area contributed by atoms with Gasteiger partial charge >= 0.3 is 0 Å². The van der Waals surface area contributed by atoms with Crippen LogP contribution in [0, 0.1) is 12.3 Å². The second kappa shape index (κ2) is 8.08. The highest BCUT2D eigenvalue weighted by molar-refractivity contribution is 7.80. The Morgan fingerprint density at radius 2 is 2.00 bits per heavy atom. The molecule has 0 fully saturated rings. The number of nitrogens with one attached hydrogen (secondary N) is 1. The molecule has 0 radical (unpaired) electrons. The monoisotopic (exact) mass is 307 g/mol. The first kappa shape index (κ1) is 17.6. The van der Waals surface area contributed by atoms with Crippen molar-refractivity contribution in [1.82, 2.24) is 10.3 Å². The van der Waals surface area contributed by atoms with Gasteiger partial charge in [-0.2, -0.15) is 0 Å². The van der Waals surface area contributed by atoms with E-state index in [0.29, 0.717) is 24.4 Å². The third kappa shape index (κ3) is 4.24. The van der Waals surface area contributed by atoms with Crippen LogP contribution in [0.1, 0.15) is 50.7 Å². The third-order valence-electron chi connectivity index (χ3n) is 3.84. The molecule has 1 amide bonds. The summed E-state index contributed by atoms with van der Waals surface area (Å²) in [6, 6.07) is 1.91. The van der Waals surface area contributed by atoms with E-state index in [9.17, 15) is 4.79 Å². The van der Waals surface area contributed by atoms with Gasteiger partial charge in [0.25, 0.3) is 0 Å². The van der Waals surface area contributed by atoms with Crippen molar-refractivity contribution >= 4 is 23.1 Å². The molecule has 0 unspecified atom stereocenters. The zero-order valence-corrected chi connectivity index (χ0v) is 13.9. The number of thiocarbonyl (C=S) groups is 1. The van der Waals surface area contributed by atoms with Gasteiger partial charge in [0.15, 0.2) is 0 Å². The Morgan fingerprint density at radius 3 is 2.48 bits per heavy atom. The fourth-order valence-electron chi connectivity index (χ4n) is 2.61. The second-order valence-corrected chi connectivity index (χ2v) is 5.87. The van der Waals surface area contributed by atoms with Crippen molar-refractivity contribution in [3.63, 3.8) is 0 Å². The first-order chi connectivity index (χ1) is 9.97. The fraction of sp³-hybridized carbons (Fsp3) is 0.562. The maximum absolute atomic E-state index is 12.7. The molecule has 1 rings (SSSR count). The van der Waals surface area contributed by atoms with Gasteiger partial charge in [0.2, 0.25) is 5.91 Å². The van der Waals surface area contributed by atoms with Crippen molar-refractivity contribution in [3.8, 4) is 0 Å². The lowest BCUT2D eigenvalue weighted by Gasteiger charge is -2.31. The summed E-state index contributed by atoms with van der Waals surface area (Å²) in [7, 11) is 0. The number of hydrogen-bond acceptors (Lipinski definition) is 3. The summed E-state index contributed by atoms with van der Waals surface area (Å²) < 4.78 is 0. The van der Waals surface area contributed by atoms with Crippen LogP contribution in [0.15, 0.2) is 18.5 Å². The summed E-state index contributed by atoms with van der Waals surface area (Å²) in [5.74, 6) is -0.0603. The number of rotatable bonds is 8. The number of amides is 1. The van der Waals surface area contributed by atoms with Crippen molar-refractivity contribution < 1.29 is 4.79 Å². The van der Waals surface area contributed by atoms with Crippen LogP contribution in [-0.2, 0) is 11.3 Å². The van der Waals surface area contributed by atoms with Crippen LogP contribution in [0.4, 0.5) is 0 Å². The highest BCUT2D eigenvalue weighted by Crippen LogP contribution is 2.31. The van der Waals surface area contributed by atoms with E-state index in [1.807, 2.05) is 26.8 Å². The van der Waals surface area contributed by atoms with Crippen molar-refractivity contribution in [1.29, 1.82) is 0 Å². The maximum Gasteiger partial charge on any atom is 0.233 e. The van der Waals surface area contributed by atoms with Gasteiger partial charge in [-0.25, -0.2) is 0 Å². The number of aryl methyl sites for hydroxylation is 1. The van der Waals surface area contributed by atoms with Gasteiger partial charge in [-0.05, 0) is 37.0 Å². The summed E-state index contributed by atoms with van der Waals surface area (Å²) in [6.07, 6.45) is 6.65. The van der Waals surface area contributed by atoms with E-state index in [0.717, 1.165) is 24.0 Å². The van der Waals surface area contributed by atoms with Gasteiger partial charge in [0.05, 0.1) is 10.4 Å². The van der Waals surface area contributed by atoms with Crippen LogP contribution in [-0.4, -0.2) is 15.9 Å². The Hall–Kier alpha value is -1.49. The van der Waals surface area contributed by atoms with Crippen LogP contribution >= 0.6 is 12.2 Å². The highest BCUT2D eigenvalue weighted by atomic mass is 32.1. The molecule has 0 bridgehead atoms. The summed E-state index contributed by atoms with van der Waals surface area (Å²) >= 11 is 5.20. The molecule has 0 aliphatic heterocycles. The summed E-state index contributed by atoms with van der Waals surface area (Å²) in [5, 5.41) is 3.00. The van der Waals surface area contributed by atoms with Gasteiger partial charge in [-0.1, -0.05) is 38.9 Å². The van der Waals surface area contributed by atoms with Crippen molar-refractivity contribution in [2.75, 3.05) is 0 Å². The van der Waals surface area contributed by atoms with Gasteiger partial charge in [0.1, 0.15) is 0 Å². The first-order valence-corrected chi connectivity index (χ1v) is 7.86. The molecule has 0 atom stereocenters. The zero-order valence-electron chi connectivity index (χ0n) is 13.1. The number of hydrogen-bond donors (Lipinski definition) is 2. The largest absolute Gasteiger partial charge is 0.392 e. The van der Waals surface area contributed by atoms with Gasteiger partial charge in [-0.15, -0.1) is 0 Å². The number of nitrogens with zero attached hydrogens (tertiary/aromatic N) is 1. The summed E-state index contributed by atoms with van der Waals surface area (Å²) in [4.78, 5) is 17.0. The van der Waals surface area contributed by atoms with E-state index in [-0.39, 0.29) is 5.91 Å². The predicted octanol–water partition coefficient (Wildman–Crippen LogP) is 2.88. The van der Waals surface area contributed by atoms with Gasteiger partial charge in [-0.3, -0.25) is 9.78 Å². The lowest BCUT2D eigenvalue weighted by Crippen LogP contribution is -2.48. The molecule has 1 heterocycles. The topological polar surface area (TPSA) is 68.0 Å². The smallest absolute Gasteiger partial charge is 0.233 e. The molecule has 116 valence electrons. The van der Waals surface area contributed by atoms with Crippen molar-refractivity contribution in [3.05, 3.63) is 29.6 Å². The molecule has 0 aromatic carbocycles. The van der Waals surface area contributed by atoms with E-state index in [1.54, 1.807) is 12.4 Å². The molecule has 0 aliphatic carbocycles. The molecule has 0 saturated heterocycles. The minimum atomic E-state index is -0.722. The van der Waals surface area contributed by atoms with E-state index in [1.165, 1.54) is 0 Å². The van der Waals surface area contributed by atoms with E-state index in [2.05, 4.69) is 10.3 Å². The Kier molecular flexibility index (Phi) is 6.75. The lowest BCUT2D eigenvalue weighted by molar-refractivity contribution is -0.128. The van der Waals surface area contributed by atoms with Gasteiger partial charge < -0.3 is 11.1 Å². The number of carbonyl (C=O) groups is 1. The van der Waals surface area contributed by atoms with Crippen LogP contribution in [0.2, 0.25) is 0 Å². The maximum atomic E-state index is 12.7. The molecule has 0 saturated carbocycles. The number of carbonyl (C=O) groups excluding carboxylic acids is 1. The first-order valence-electron chi connectivity index (χ1n) is 7.45. The highest BCUT2D eigenvalue weighted by Gasteiger charge is 2.39. The predicted molar refractivity (Wildman–Crippen MR) is 89.9 cm³/mol. The minimum absolute atomic E-state index is 0.0603. The summed E-state index contributed by atoms with van der Waals surface area (Å²) in [5.41, 5.74) is 7.30. The van der Waals surface area contributed by atoms with E-state index >= 15 is 0 Å². The normalized spacial score (nSPS) is 11.2. The molecule has 0 aliphatic rings. The molecule has 1 aromatic heterocycles. The molecular weight excluding hydrogens is 282 g/mol. The Bertz CT molecular complexity index is 496. The fourth-order valence-corrected chi connectivity index (χ4v) is 2.91. The van der Waals surface area contributed by atoms with Crippen LogP contribution in [0.5, 0.6) is 0 Å². The van der Waals surface area contributed by atoms with Gasteiger partial charge in [0, 0.05) is 18.9 Å². The Labute approximate surface area is 132 Å². The molecule has 5 heteroatoms. The molecular formula is C16H25N3OS. The third-order valence-corrected chi connectivity index (χ3v) is 4.23. The average Bonchev–Trinajstić information content (AvgIpc) is 2.45. The zero-order chi connectivity index (χ0) is 15.9. The Balaban J connectivity index is 2.86. The number of nitrogens with two attached hydrogens (primary N) is 1. The lowest BCUT2D eigenvalue weighted by atomic mass is 9.78. The summed E-state index contributed by atoms with van der Waals surface area (Å²) in [6.45, 7) is 6.55. The Morgan fingerprint density at radius 1 is 1.38 bits per heavy atom. The second-order valence-electron chi connectivity index (χ2n) is 5.43. The van der Waals surface area contributed by atoms with Crippen molar-refractivity contribution in [2.45, 2.75) is 53.0 Å². The quantitative estimate of drug-likeness (QED) is 0.725. The van der Waals surface area contributed by atoms with Crippen LogP contribution < -0.4 is 11.1 Å². The molecule has 0 spiro atoms. The molecule has 1 aromatic rings. The van der Waals surface area contributed by atoms with Crippen LogP contribution in [0.3, 0.4) is 0 Å². The molecule has 3 N–H and O–H groups in total. The standard InChI is InChI=1S/C16H25N3OS/c1-4-7-16(8-5-2,14(17)21)15(20)19-11-13-6-9-18-10-12(13)3/h6,9-10H,4-5,7-8,11H2,1-3H3,(H2,17,21)(H,19,20). The minimum Gasteiger partial charge on any atom is -0.392 e. The van der Waals surface area contributed by atoms with Crippen molar-refractivity contribution in [2.24, 2.45) is 11.1 Å². The van der Waals surface area contributed by atoms with E-state index < -0.39 is 5.41 Å². The molecule has 21 heavy (non-hydrogen) atoms. The number of pyridine rings is 1. The van der Waals surface area contributed by atoms with E-state index in [4.69, 9.17) is 18.0 Å². The number of aromatic nitrogens is 1. The average molecular weight is 307 g/mol. The SMILES string of the molecule is CCCC(CCC)(C(=O)NCc1ccncc1C)C(N)=S.